The molecule has 0 aliphatic heterocycles. The Morgan fingerprint density at radius 2 is 2.08 bits per heavy atom. The van der Waals surface area contributed by atoms with E-state index in [1.807, 2.05) is 26.0 Å². The van der Waals surface area contributed by atoms with Gasteiger partial charge in [0.05, 0.1) is 7.11 Å². The minimum Gasteiger partial charge on any atom is -0.481 e. The number of unbranched alkanes of at least 4 members (excludes halogenated alkanes) is 1. The Balaban J connectivity index is 0. The molecule has 0 saturated heterocycles. The maximum atomic E-state index is 4.93. The second-order valence-corrected chi connectivity index (χ2v) is 2.05. The predicted octanol–water partition coefficient (Wildman–Crippen LogP) is 3.56. The number of rotatable bonds is 4. The largest absolute Gasteiger partial charge is 0.481 e. The molecule has 0 aliphatic carbocycles. The van der Waals surface area contributed by atoms with Crippen LogP contribution in [0.2, 0.25) is 0 Å². The molecule has 0 aromatic heterocycles. The summed E-state index contributed by atoms with van der Waals surface area (Å²) in [6, 6.07) is 0. The standard InChI is InChI=1S/C9H15NO.C2H6/c1-4-6-7-8-9(11-3)10-5-2;1-2/h5,7-8H,2,4,6H2,1,3H3;1-2H3/b8-7+,10-9?;. The van der Waals surface area contributed by atoms with Crippen LogP contribution < -0.4 is 0 Å². The fraction of sp³-hybridized carbons (Fsp3) is 0.545. The van der Waals surface area contributed by atoms with Gasteiger partial charge in [0.15, 0.2) is 0 Å². The van der Waals surface area contributed by atoms with Gasteiger partial charge in [0, 0.05) is 6.20 Å². The molecule has 0 fully saturated rings. The lowest BCUT2D eigenvalue weighted by molar-refractivity contribution is 0.407. The van der Waals surface area contributed by atoms with Crippen LogP contribution in [0.4, 0.5) is 0 Å². The first-order valence-corrected chi connectivity index (χ1v) is 4.74. The molecule has 0 amide bonds. The second-order valence-electron chi connectivity index (χ2n) is 2.05. The topological polar surface area (TPSA) is 21.6 Å². The van der Waals surface area contributed by atoms with Gasteiger partial charge >= 0.3 is 0 Å². The molecule has 13 heavy (non-hydrogen) atoms. The number of methoxy groups -OCH3 is 1. The van der Waals surface area contributed by atoms with Gasteiger partial charge in [0.2, 0.25) is 5.90 Å². The molecule has 0 spiro atoms. The SMILES string of the molecule is C=CN=C(/C=C/CCC)OC.CC. The van der Waals surface area contributed by atoms with Gasteiger partial charge in [0.25, 0.3) is 0 Å². The molecule has 0 aromatic rings. The quantitative estimate of drug-likeness (QED) is 0.482. The van der Waals surface area contributed by atoms with E-state index in [1.165, 1.54) is 6.20 Å². The lowest BCUT2D eigenvalue weighted by Crippen LogP contribution is -1.94. The van der Waals surface area contributed by atoms with Gasteiger partial charge in [-0.2, -0.15) is 0 Å². The molecule has 0 rings (SSSR count). The van der Waals surface area contributed by atoms with Gasteiger partial charge < -0.3 is 4.74 Å². The van der Waals surface area contributed by atoms with Crippen LogP contribution in [0.1, 0.15) is 33.6 Å². The molecule has 0 aromatic carbocycles. The minimum atomic E-state index is 0.605. The van der Waals surface area contributed by atoms with Crippen molar-refractivity contribution in [3.05, 3.63) is 24.9 Å². The van der Waals surface area contributed by atoms with Crippen molar-refractivity contribution in [1.82, 2.24) is 0 Å². The molecular weight excluding hydrogens is 162 g/mol. The van der Waals surface area contributed by atoms with Crippen LogP contribution in [-0.2, 0) is 4.74 Å². The van der Waals surface area contributed by atoms with Crippen LogP contribution in [0.25, 0.3) is 0 Å². The molecule has 0 radical (unpaired) electrons. The molecule has 0 aliphatic rings. The maximum absolute atomic E-state index is 4.93. The lowest BCUT2D eigenvalue weighted by Gasteiger charge is -1.95. The Kier molecular flexibility index (Phi) is 15.1. The summed E-state index contributed by atoms with van der Waals surface area (Å²) in [4.78, 5) is 3.89. The zero-order valence-corrected chi connectivity index (χ0v) is 9.21. The van der Waals surface area contributed by atoms with E-state index in [1.54, 1.807) is 7.11 Å². The van der Waals surface area contributed by atoms with Crippen LogP contribution in [0.15, 0.2) is 29.9 Å². The first-order valence-electron chi connectivity index (χ1n) is 4.74. The average Bonchev–Trinajstić information content (AvgIpc) is 2.20. The highest BCUT2D eigenvalue weighted by molar-refractivity contribution is 5.87. The fourth-order valence-corrected chi connectivity index (χ4v) is 0.605. The Labute approximate surface area is 82.0 Å². The molecule has 0 N–H and O–H groups in total. The summed E-state index contributed by atoms with van der Waals surface area (Å²) in [7, 11) is 1.60. The van der Waals surface area contributed by atoms with E-state index in [-0.39, 0.29) is 0 Å². The Bertz CT molecular complexity index is 159. The Morgan fingerprint density at radius 3 is 2.46 bits per heavy atom. The third-order valence-electron chi connectivity index (χ3n) is 1.14. The van der Waals surface area contributed by atoms with Gasteiger partial charge in [-0.3, -0.25) is 0 Å². The summed E-state index contributed by atoms with van der Waals surface area (Å²) in [5.41, 5.74) is 0. The van der Waals surface area contributed by atoms with E-state index in [0.29, 0.717) is 5.90 Å². The van der Waals surface area contributed by atoms with Crippen molar-refractivity contribution in [3.8, 4) is 0 Å². The number of hydrogen-bond acceptors (Lipinski definition) is 2. The smallest absolute Gasteiger partial charge is 0.212 e. The van der Waals surface area contributed by atoms with Crippen molar-refractivity contribution in [2.75, 3.05) is 7.11 Å². The average molecular weight is 183 g/mol. The third kappa shape index (κ3) is 10.9. The molecule has 0 heterocycles. The van der Waals surface area contributed by atoms with Gasteiger partial charge in [-0.05, 0) is 12.5 Å². The zero-order chi connectivity index (χ0) is 10.5. The van der Waals surface area contributed by atoms with Crippen LogP contribution in [0, 0.1) is 0 Å². The summed E-state index contributed by atoms with van der Waals surface area (Å²) in [6.45, 7) is 9.60. The molecular formula is C11H21NO. The van der Waals surface area contributed by atoms with Crippen LogP contribution in [-0.4, -0.2) is 13.0 Å². The highest BCUT2D eigenvalue weighted by Crippen LogP contribution is 1.91. The third-order valence-corrected chi connectivity index (χ3v) is 1.14. The summed E-state index contributed by atoms with van der Waals surface area (Å²) in [5, 5.41) is 0. The highest BCUT2D eigenvalue weighted by atomic mass is 16.5. The lowest BCUT2D eigenvalue weighted by atomic mass is 10.3. The predicted molar refractivity (Wildman–Crippen MR) is 60.0 cm³/mol. The number of ether oxygens (including phenoxy) is 1. The van der Waals surface area contributed by atoms with Crippen LogP contribution in [0.5, 0.6) is 0 Å². The number of aliphatic imine (C=N–C) groups is 1. The van der Waals surface area contributed by atoms with E-state index in [4.69, 9.17) is 4.74 Å². The molecule has 2 heteroatoms. The number of allylic oxidation sites excluding steroid dienone is 1. The van der Waals surface area contributed by atoms with E-state index < -0.39 is 0 Å². The van der Waals surface area contributed by atoms with E-state index in [2.05, 4.69) is 18.5 Å². The maximum Gasteiger partial charge on any atom is 0.212 e. The van der Waals surface area contributed by atoms with E-state index in [9.17, 15) is 0 Å². The number of nitrogens with zero attached hydrogens (tertiary/aromatic N) is 1. The van der Waals surface area contributed by atoms with Crippen molar-refractivity contribution in [2.45, 2.75) is 33.6 Å². The fourth-order valence-electron chi connectivity index (χ4n) is 0.605. The van der Waals surface area contributed by atoms with Gasteiger partial charge in [-0.25, -0.2) is 4.99 Å². The van der Waals surface area contributed by atoms with Crippen molar-refractivity contribution < 1.29 is 4.74 Å². The van der Waals surface area contributed by atoms with E-state index >= 15 is 0 Å². The first-order chi connectivity index (χ1) is 6.35. The summed E-state index contributed by atoms with van der Waals surface area (Å²) in [5.74, 6) is 0.605. The normalized spacial score (nSPS) is 10.6. The minimum absolute atomic E-state index is 0.605. The molecule has 0 atom stereocenters. The van der Waals surface area contributed by atoms with Crippen molar-refractivity contribution in [1.29, 1.82) is 0 Å². The van der Waals surface area contributed by atoms with Crippen LogP contribution in [0.3, 0.4) is 0 Å². The second kappa shape index (κ2) is 13.5. The van der Waals surface area contributed by atoms with Crippen molar-refractivity contribution in [2.24, 2.45) is 4.99 Å². The Hall–Kier alpha value is -1.05. The van der Waals surface area contributed by atoms with Gasteiger partial charge in [0.1, 0.15) is 0 Å². The number of hydrogen-bond donors (Lipinski definition) is 0. The van der Waals surface area contributed by atoms with Crippen molar-refractivity contribution in [3.63, 3.8) is 0 Å². The van der Waals surface area contributed by atoms with Crippen LogP contribution >= 0.6 is 0 Å². The first kappa shape index (κ1) is 14.5. The Morgan fingerprint density at radius 1 is 1.46 bits per heavy atom. The monoisotopic (exact) mass is 183 g/mol. The zero-order valence-electron chi connectivity index (χ0n) is 9.21. The highest BCUT2D eigenvalue weighted by Gasteiger charge is 1.85. The molecule has 76 valence electrons. The van der Waals surface area contributed by atoms with Gasteiger partial charge in [-0.15, -0.1) is 0 Å². The molecule has 0 saturated carbocycles. The van der Waals surface area contributed by atoms with Crippen molar-refractivity contribution >= 4 is 5.90 Å². The molecule has 2 nitrogen and oxygen atoms in total. The van der Waals surface area contributed by atoms with Gasteiger partial charge in [-0.1, -0.05) is 39.8 Å². The molecule has 0 unspecified atom stereocenters. The summed E-state index contributed by atoms with van der Waals surface area (Å²) >= 11 is 0. The van der Waals surface area contributed by atoms with E-state index in [0.717, 1.165) is 12.8 Å². The summed E-state index contributed by atoms with van der Waals surface area (Å²) in [6.07, 6.45) is 7.55. The summed E-state index contributed by atoms with van der Waals surface area (Å²) < 4.78 is 4.93. The molecule has 0 bridgehead atoms.